The number of hydrogen-bond donors (Lipinski definition) is 0. The molecule has 1 aromatic carbocycles. The van der Waals surface area contributed by atoms with E-state index in [9.17, 15) is 13.6 Å². The molecule has 1 amide bonds. The number of benzene rings is 1. The average molecular weight is 378 g/mol. The fourth-order valence-electron chi connectivity index (χ4n) is 5.02. The molecule has 6 heteroatoms. The highest BCUT2D eigenvalue weighted by molar-refractivity contribution is 5.79. The minimum absolute atomic E-state index is 0.100. The molecule has 4 nitrogen and oxygen atoms in total. The summed E-state index contributed by atoms with van der Waals surface area (Å²) in [5, 5.41) is 0. The van der Waals surface area contributed by atoms with Gasteiger partial charge in [0.2, 0.25) is 5.91 Å². The van der Waals surface area contributed by atoms with Gasteiger partial charge in [-0.15, -0.1) is 0 Å². The third-order valence-electron chi connectivity index (χ3n) is 6.49. The summed E-state index contributed by atoms with van der Waals surface area (Å²) in [6.45, 7) is 5.15. The second-order valence-corrected chi connectivity index (χ2v) is 8.42. The fourth-order valence-corrected chi connectivity index (χ4v) is 5.02. The second-order valence-electron chi connectivity index (χ2n) is 8.42. The maximum absolute atomic E-state index is 14.0. The standard InChI is InChI=1S/C21H28F2N2O2/c22-18-4-1-3-17(19(18)23)13-24-9-2-7-21(14-24)8-10-25(15-21)20(26)16-5-11-27-12-6-16/h1,3-4,16H,2,5-15H2/t21-/m1/s1. The van der Waals surface area contributed by atoms with Crippen molar-refractivity contribution in [1.82, 2.24) is 9.80 Å². The van der Waals surface area contributed by atoms with Crippen molar-refractivity contribution in [3.63, 3.8) is 0 Å². The van der Waals surface area contributed by atoms with E-state index in [0.29, 0.717) is 25.3 Å². The van der Waals surface area contributed by atoms with E-state index < -0.39 is 11.6 Å². The lowest BCUT2D eigenvalue weighted by molar-refractivity contribution is -0.138. The number of ether oxygens (including phenoxy) is 1. The molecule has 1 atom stereocenters. The van der Waals surface area contributed by atoms with Crippen molar-refractivity contribution in [2.75, 3.05) is 39.4 Å². The first kappa shape index (κ1) is 18.8. The Morgan fingerprint density at radius 3 is 2.78 bits per heavy atom. The molecule has 0 N–H and O–H groups in total. The first-order valence-electron chi connectivity index (χ1n) is 10.1. The van der Waals surface area contributed by atoms with Gasteiger partial charge in [-0.2, -0.15) is 0 Å². The van der Waals surface area contributed by atoms with Gasteiger partial charge in [-0.05, 0) is 44.7 Å². The van der Waals surface area contributed by atoms with Crippen molar-refractivity contribution >= 4 is 5.91 Å². The SMILES string of the molecule is O=C(C1CCOCC1)N1CC[C@@]2(CCCN(Cc3cccc(F)c3F)C2)C1. The molecule has 0 unspecified atom stereocenters. The van der Waals surface area contributed by atoms with E-state index in [0.717, 1.165) is 64.3 Å². The molecule has 0 radical (unpaired) electrons. The number of halogens is 2. The summed E-state index contributed by atoms with van der Waals surface area (Å²) in [4.78, 5) is 17.1. The van der Waals surface area contributed by atoms with Crippen LogP contribution in [0.2, 0.25) is 0 Å². The van der Waals surface area contributed by atoms with Crippen molar-refractivity contribution in [3.05, 3.63) is 35.4 Å². The number of carbonyl (C=O) groups is 1. The molecule has 4 rings (SSSR count). The lowest BCUT2D eigenvalue weighted by Gasteiger charge is -2.40. The Balaban J connectivity index is 1.39. The normalized spacial score (nSPS) is 27.4. The zero-order valence-electron chi connectivity index (χ0n) is 15.8. The zero-order valence-corrected chi connectivity index (χ0v) is 15.8. The molecule has 148 valence electrons. The molecule has 0 bridgehead atoms. The Morgan fingerprint density at radius 1 is 1.15 bits per heavy atom. The number of piperidine rings is 1. The van der Waals surface area contributed by atoms with Gasteiger partial charge in [0.1, 0.15) is 0 Å². The third-order valence-corrected chi connectivity index (χ3v) is 6.49. The van der Waals surface area contributed by atoms with Gasteiger partial charge < -0.3 is 9.64 Å². The number of likely N-dealkylation sites (tertiary alicyclic amines) is 2. The Kier molecular flexibility index (Phi) is 5.46. The maximum Gasteiger partial charge on any atom is 0.225 e. The summed E-state index contributed by atoms with van der Waals surface area (Å²) < 4.78 is 32.9. The fraction of sp³-hybridized carbons (Fsp3) is 0.667. The highest BCUT2D eigenvalue weighted by Gasteiger charge is 2.43. The molecule has 0 saturated carbocycles. The first-order chi connectivity index (χ1) is 13.1. The summed E-state index contributed by atoms with van der Waals surface area (Å²) in [6, 6.07) is 4.39. The van der Waals surface area contributed by atoms with Crippen molar-refractivity contribution in [1.29, 1.82) is 0 Å². The van der Waals surface area contributed by atoms with Crippen LogP contribution in [0.15, 0.2) is 18.2 Å². The van der Waals surface area contributed by atoms with Crippen LogP contribution in [-0.4, -0.2) is 55.1 Å². The Labute approximate surface area is 159 Å². The van der Waals surface area contributed by atoms with Crippen molar-refractivity contribution in [3.8, 4) is 0 Å². The summed E-state index contributed by atoms with van der Waals surface area (Å²) >= 11 is 0. The van der Waals surface area contributed by atoms with Crippen LogP contribution in [0.3, 0.4) is 0 Å². The van der Waals surface area contributed by atoms with Crippen LogP contribution in [0.4, 0.5) is 8.78 Å². The number of amides is 1. The summed E-state index contributed by atoms with van der Waals surface area (Å²) in [7, 11) is 0. The van der Waals surface area contributed by atoms with Crippen LogP contribution < -0.4 is 0 Å². The van der Waals surface area contributed by atoms with Crippen LogP contribution in [-0.2, 0) is 16.1 Å². The van der Waals surface area contributed by atoms with Gasteiger partial charge in [-0.3, -0.25) is 9.69 Å². The second kappa shape index (κ2) is 7.84. The van der Waals surface area contributed by atoms with Gasteiger partial charge in [0.05, 0.1) is 0 Å². The number of carbonyl (C=O) groups excluding carboxylic acids is 1. The minimum Gasteiger partial charge on any atom is -0.381 e. The molecule has 0 aliphatic carbocycles. The van der Waals surface area contributed by atoms with Gasteiger partial charge in [0.25, 0.3) is 0 Å². The summed E-state index contributed by atoms with van der Waals surface area (Å²) in [6.07, 6.45) is 4.80. The molecule has 0 aromatic heterocycles. The van der Waals surface area contributed by atoms with Crippen LogP contribution >= 0.6 is 0 Å². The average Bonchev–Trinajstić information content (AvgIpc) is 3.09. The molecule has 3 saturated heterocycles. The van der Waals surface area contributed by atoms with E-state index in [2.05, 4.69) is 4.90 Å². The molecule has 3 heterocycles. The smallest absolute Gasteiger partial charge is 0.225 e. The number of rotatable bonds is 3. The van der Waals surface area contributed by atoms with Crippen LogP contribution in [0.5, 0.6) is 0 Å². The Morgan fingerprint density at radius 2 is 1.96 bits per heavy atom. The Hall–Kier alpha value is -1.53. The van der Waals surface area contributed by atoms with E-state index >= 15 is 0 Å². The van der Waals surface area contributed by atoms with Crippen molar-refractivity contribution in [2.45, 2.75) is 38.6 Å². The summed E-state index contributed by atoms with van der Waals surface area (Å²) in [5.41, 5.74) is 0.517. The van der Waals surface area contributed by atoms with E-state index in [1.807, 2.05) is 4.90 Å². The molecular formula is C21H28F2N2O2. The predicted octanol–water partition coefficient (Wildman–Crippen LogP) is 3.21. The van der Waals surface area contributed by atoms with E-state index in [4.69, 9.17) is 4.74 Å². The zero-order chi connectivity index (χ0) is 18.9. The van der Waals surface area contributed by atoms with Crippen molar-refractivity contribution in [2.24, 2.45) is 11.3 Å². The quantitative estimate of drug-likeness (QED) is 0.810. The molecule has 3 aliphatic heterocycles. The molecule has 3 aliphatic rings. The largest absolute Gasteiger partial charge is 0.381 e. The molecule has 27 heavy (non-hydrogen) atoms. The van der Waals surface area contributed by atoms with E-state index in [1.54, 1.807) is 12.1 Å². The van der Waals surface area contributed by atoms with Crippen LogP contribution in [0, 0.1) is 23.0 Å². The van der Waals surface area contributed by atoms with Crippen molar-refractivity contribution < 1.29 is 18.3 Å². The van der Waals surface area contributed by atoms with Gasteiger partial charge in [-0.25, -0.2) is 8.78 Å². The highest BCUT2D eigenvalue weighted by atomic mass is 19.2. The highest BCUT2D eigenvalue weighted by Crippen LogP contribution is 2.40. The lowest BCUT2D eigenvalue weighted by Crippen LogP contribution is -2.46. The topological polar surface area (TPSA) is 32.8 Å². The van der Waals surface area contributed by atoms with Crippen LogP contribution in [0.25, 0.3) is 0 Å². The lowest BCUT2D eigenvalue weighted by atomic mass is 9.79. The minimum atomic E-state index is -0.784. The third kappa shape index (κ3) is 4.02. The molecule has 3 fully saturated rings. The van der Waals surface area contributed by atoms with Gasteiger partial charge in [-0.1, -0.05) is 12.1 Å². The molecular weight excluding hydrogens is 350 g/mol. The van der Waals surface area contributed by atoms with Gasteiger partial charge in [0.15, 0.2) is 11.6 Å². The monoisotopic (exact) mass is 378 g/mol. The van der Waals surface area contributed by atoms with Gasteiger partial charge in [0, 0.05) is 56.3 Å². The summed E-state index contributed by atoms with van der Waals surface area (Å²) in [5.74, 6) is -1.13. The number of hydrogen-bond acceptors (Lipinski definition) is 3. The Bertz CT molecular complexity index is 693. The first-order valence-corrected chi connectivity index (χ1v) is 10.1. The van der Waals surface area contributed by atoms with E-state index in [-0.39, 0.29) is 17.2 Å². The molecule has 1 spiro atoms. The van der Waals surface area contributed by atoms with Gasteiger partial charge >= 0.3 is 0 Å². The van der Waals surface area contributed by atoms with E-state index in [1.165, 1.54) is 0 Å². The molecule has 1 aromatic rings. The predicted molar refractivity (Wildman–Crippen MR) is 98.0 cm³/mol. The number of nitrogens with zero attached hydrogens (tertiary/aromatic N) is 2. The maximum atomic E-state index is 14.0. The van der Waals surface area contributed by atoms with Crippen LogP contribution in [0.1, 0.15) is 37.7 Å².